The summed E-state index contributed by atoms with van der Waals surface area (Å²) in [6.07, 6.45) is 6.29. The van der Waals surface area contributed by atoms with E-state index in [1.165, 1.54) is 29.8 Å². The smallest absolute Gasteiger partial charge is 0.0935 e. The predicted octanol–water partition coefficient (Wildman–Crippen LogP) is 4.79. The van der Waals surface area contributed by atoms with E-state index in [4.69, 9.17) is 16.6 Å². The van der Waals surface area contributed by atoms with E-state index in [1.807, 2.05) is 36.5 Å². The maximum absolute atomic E-state index is 9.31. The van der Waals surface area contributed by atoms with Crippen LogP contribution in [0.25, 0.3) is 0 Å². The molecule has 3 rings (SSSR count). The molecule has 0 saturated heterocycles. The van der Waals surface area contributed by atoms with Crippen molar-refractivity contribution in [3.05, 3.63) is 49.9 Å². The Hall–Kier alpha value is -1.39. The zero-order valence-electron chi connectivity index (χ0n) is 12.6. The Bertz CT molecular complexity index is 685. The number of nitrogens with zero attached hydrogens (tertiary/aromatic N) is 2. The van der Waals surface area contributed by atoms with Crippen LogP contribution in [0.4, 0.5) is 0 Å². The zero-order chi connectivity index (χ0) is 15.5. The van der Waals surface area contributed by atoms with Gasteiger partial charge < -0.3 is 5.21 Å². The lowest BCUT2D eigenvalue weighted by atomic mass is 10.0. The van der Waals surface area contributed by atoms with Crippen molar-refractivity contribution in [1.29, 1.82) is 0 Å². The van der Waals surface area contributed by atoms with Crippen LogP contribution in [0.3, 0.4) is 0 Å². The quantitative estimate of drug-likeness (QED) is 0.496. The van der Waals surface area contributed by atoms with Crippen molar-refractivity contribution < 1.29 is 5.21 Å². The van der Waals surface area contributed by atoms with Gasteiger partial charge in [0.15, 0.2) is 0 Å². The second-order valence-electron chi connectivity index (χ2n) is 5.70. The van der Waals surface area contributed by atoms with E-state index in [-0.39, 0.29) is 0 Å². The van der Waals surface area contributed by atoms with Gasteiger partial charge in [0.2, 0.25) is 0 Å². The first kappa shape index (κ1) is 15.5. The van der Waals surface area contributed by atoms with Crippen molar-refractivity contribution in [2.75, 3.05) is 0 Å². The number of hydrogen-bond donors (Lipinski definition) is 1. The fourth-order valence-corrected chi connectivity index (χ4v) is 4.10. The number of aryl methyl sites for hydroxylation is 4. The molecule has 22 heavy (non-hydrogen) atoms. The van der Waals surface area contributed by atoms with Crippen LogP contribution >= 0.6 is 22.9 Å². The molecule has 0 fully saturated rings. The summed E-state index contributed by atoms with van der Waals surface area (Å²) < 4.78 is 0. The van der Waals surface area contributed by atoms with Crippen LogP contribution < -0.4 is 0 Å². The summed E-state index contributed by atoms with van der Waals surface area (Å²) in [5.74, 6) is 0. The van der Waals surface area contributed by atoms with Gasteiger partial charge >= 0.3 is 0 Å². The molecular weight excluding hydrogens is 316 g/mol. The molecule has 0 amide bonds. The van der Waals surface area contributed by atoms with E-state index in [2.05, 4.69) is 5.16 Å². The van der Waals surface area contributed by atoms with Crippen molar-refractivity contribution in [1.82, 2.24) is 4.98 Å². The van der Waals surface area contributed by atoms with Gasteiger partial charge in [-0.1, -0.05) is 28.9 Å². The largest absolute Gasteiger partial charge is 0.411 e. The summed E-state index contributed by atoms with van der Waals surface area (Å²) in [6.45, 7) is 1.96. The van der Waals surface area contributed by atoms with Crippen molar-refractivity contribution >= 4 is 28.6 Å². The van der Waals surface area contributed by atoms with Gasteiger partial charge in [-0.2, -0.15) is 0 Å². The number of oxime groups is 1. The summed E-state index contributed by atoms with van der Waals surface area (Å²) in [6, 6.07) is 5.76. The molecule has 1 heterocycles. The summed E-state index contributed by atoms with van der Waals surface area (Å²) in [5, 5.41) is 14.6. The Morgan fingerprint density at radius 1 is 1.36 bits per heavy atom. The van der Waals surface area contributed by atoms with Gasteiger partial charge in [-0.25, -0.2) is 4.98 Å². The molecule has 5 heteroatoms. The normalized spacial score (nSPS) is 14.9. The zero-order valence-corrected chi connectivity index (χ0v) is 14.2. The maximum Gasteiger partial charge on any atom is 0.0935 e. The SMILES string of the molecule is Cc1ccc(C(CCc2nc3c(s2)CCCC3)=NO)cc1Cl. The minimum absolute atomic E-state index is 0.662. The molecule has 1 aliphatic rings. The molecule has 0 saturated carbocycles. The van der Waals surface area contributed by atoms with Crippen LogP contribution in [-0.4, -0.2) is 15.9 Å². The van der Waals surface area contributed by atoms with Crippen LogP contribution in [0.15, 0.2) is 23.4 Å². The molecule has 0 radical (unpaired) electrons. The topological polar surface area (TPSA) is 45.5 Å². The van der Waals surface area contributed by atoms with Gasteiger partial charge in [0.25, 0.3) is 0 Å². The van der Waals surface area contributed by atoms with Gasteiger partial charge in [-0.15, -0.1) is 11.3 Å². The lowest BCUT2D eigenvalue weighted by Crippen LogP contribution is -2.04. The first-order valence-corrected chi connectivity index (χ1v) is 8.81. The van der Waals surface area contributed by atoms with E-state index >= 15 is 0 Å². The third-order valence-electron chi connectivity index (χ3n) is 4.09. The number of rotatable bonds is 4. The van der Waals surface area contributed by atoms with Gasteiger partial charge in [0, 0.05) is 21.9 Å². The van der Waals surface area contributed by atoms with E-state index in [9.17, 15) is 5.21 Å². The Morgan fingerprint density at radius 3 is 2.91 bits per heavy atom. The minimum atomic E-state index is 0.662. The summed E-state index contributed by atoms with van der Waals surface area (Å²) in [5.41, 5.74) is 3.84. The summed E-state index contributed by atoms with van der Waals surface area (Å²) in [7, 11) is 0. The minimum Gasteiger partial charge on any atom is -0.411 e. The molecule has 1 N–H and O–H groups in total. The third kappa shape index (κ3) is 3.33. The van der Waals surface area contributed by atoms with E-state index in [0.29, 0.717) is 17.2 Å². The van der Waals surface area contributed by atoms with Gasteiger partial charge in [-0.3, -0.25) is 0 Å². The van der Waals surface area contributed by atoms with Crippen LogP contribution in [0.1, 0.15) is 46.0 Å². The van der Waals surface area contributed by atoms with E-state index < -0.39 is 0 Å². The van der Waals surface area contributed by atoms with Crippen molar-refractivity contribution in [3.63, 3.8) is 0 Å². The fourth-order valence-electron chi connectivity index (χ4n) is 2.76. The summed E-state index contributed by atoms with van der Waals surface area (Å²) in [4.78, 5) is 6.18. The molecule has 0 atom stereocenters. The Kier molecular flexibility index (Phi) is 4.79. The molecule has 1 aromatic heterocycles. The highest BCUT2D eigenvalue weighted by atomic mass is 35.5. The third-order valence-corrected chi connectivity index (χ3v) is 5.72. The lowest BCUT2D eigenvalue weighted by Gasteiger charge is -2.06. The van der Waals surface area contributed by atoms with Crippen LogP contribution in [0, 0.1) is 6.92 Å². The highest BCUT2D eigenvalue weighted by molar-refractivity contribution is 7.11. The number of benzene rings is 1. The Balaban J connectivity index is 1.71. The molecule has 1 aliphatic carbocycles. The van der Waals surface area contributed by atoms with Crippen LogP contribution in [0.5, 0.6) is 0 Å². The molecular formula is C17H19ClN2OS. The molecule has 3 nitrogen and oxygen atoms in total. The average Bonchev–Trinajstić information content (AvgIpc) is 2.94. The highest BCUT2D eigenvalue weighted by Crippen LogP contribution is 2.27. The molecule has 0 unspecified atom stereocenters. The standard InChI is InChI=1S/C17H19ClN2OS/c1-11-6-7-12(10-13(11)18)14(20-21)8-9-17-19-15-4-2-3-5-16(15)22-17/h6-7,10,21H,2-5,8-9H2,1H3. The van der Waals surface area contributed by atoms with Crippen molar-refractivity contribution in [2.24, 2.45) is 5.16 Å². The Labute approximate surface area is 139 Å². The maximum atomic E-state index is 9.31. The monoisotopic (exact) mass is 334 g/mol. The second kappa shape index (κ2) is 6.80. The van der Waals surface area contributed by atoms with Crippen molar-refractivity contribution in [2.45, 2.75) is 45.4 Å². The molecule has 1 aromatic carbocycles. The fraction of sp³-hybridized carbons (Fsp3) is 0.412. The van der Waals surface area contributed by atoms with E-state index in [0.717, 1.165) is 29.0 Å². The number of aromatic nitrogens is 1. The number of hydrogen-bond acceptors (Lipinski definition) is 4. The molecule has 0 bridgehead atoms. The predicted molar refractivity (Wildman–Crippen MR) is 91.6 cm³/mol. The van der Waals surface area contributed by atoms with Gasteiger partial charge in [0.1, 0.15) is 0 Å². The number of halogens is 1. The molecule has 2 aromatic rings. The van der Waals surface area contributed by atoms with Gasteiger partial charge in [-0.05, 0) is 50.7 Å². The molecule has 116 valence electrons. The number of thiazole rings is 1. The first-order valence-electron chi connectivity index (χ1n) is 7.62. The van der Waals surface area contributed by atoms with Crippen molar-refractivity contribution in [3.8, 4) is 0 Å². The number of fused-ring (bicyclic) bond motifs is 1. The van der Waals surface area contributed by atoms with E-state index in [1.54, 1.807) is 0 Å². The van der Waals surface area contributed by atoms with Gasteiger partial charge in [0.05, 0.1) is 16.4 Å². The molecule has 0 aliphatic heterocycles. The lowest BCUT2D eigenvalue weighted by molar-refractivity contribution is 0.318. The van der Waals surface area contributed by atoms with Crippen LogP contribution in [0.2, 0.25) is 5.02 Å². The Morgan fingerprint density at radius 2 is 2.18 bits per heavy atom. The average molecular weight is 335 g/mol. The first-order chi connectivity index (χ1) is 10.7. The molecule has 0 spiro atoms. The second-order valence-corrected chi connectivity index (χ2v) is 7.27. The van der Waals surface area contributed by atoms with Crippen LogP contribution in [-0.2, 0) is 19.3 Å². The highest BCUT2D eigenvalue weighted by Gasteiger charge is 2.16. The summed E-state index contributed by atoms with van der Waals surface area (Å²) >= 11 is 7.97.